The predicted molar refractivity (Wildman–Crippen MR) is 80.8 cm³/mol. The van der Waals surface area contributed by atoms with Crippen LogP contribution >= 0.6 is 0 Å². The lowest BCUT2D eigenvalue weighted by Gasteiger charge is -2.29. The van der Waals surface area contributed by atoms with E-state index in [1.54, 1.807) is 6.26 Å². The van der Waals surface area contributed by atoms with Crippen LogP contribution in [0.3, 0.4) is 0 Å². The first-order valence-electron chi connectivity index (χ1n) is 7.39. The second kappa shape index (κ2) is 6.25. The molecule has 1 saturated heterocycles. The van der Waals surface area contributed by atoms with Gasteiger partial charge in [-0.15, -0.1) is 0 Å². The molecule has 1 aliphatic rings. The standard InChI is InChI=1S/C17H22N2O/c1-14-5-2-6-15(13-14)17(16-7-3-12-20-16)19-10-4-8-18-9-11-19/h2-3,5-7,12-13,17-18H,4,8-11H2,1H3. The van der Waals surface area contributed by atoms with Crippen LogP contribution in [0.25, 0.3) is 0 Å². The molecule has 1 unspecified atom stereocenters. The van der Waals surface area contributed by atoms with Gasteiger partial charge in [0.2, 0.25) is 0 Å². The summed E-state index contributed by atoms with van der Waals surface area (Å²) < 4.78 is 5.72. The van der Waals surface area contributed by atoms with Gasteiger partial charge in [-0.2, -0.15) is 0 Å². The van der Waals surface area contributed by atoms with Crippen LogP contribution in [0.15, 0.2) is 47.1 Å². The Morgan fingerprint density at radius 1 is 1.15 bits per heavy atom. The first-order chi connectivity index (χ1) is 9.84. The van der Waals surface area contributed by atoms with Crippen molar-refractivity contribution in [2.75, 3.05) is 26.2 Å². The zero-order valence-corrected chi connectivity index (χ0v) is 12.0. The Morgan fingerprint density at radius 3 is 2.90 bits per heavy atom. The highest BCUT2D eigenvalue weighted by atomic mass is 16.3. The lowest BCUT2D eigenvalue weighted by Crippen LogP contribution is -2.32. The highest BCUT2D eigenvalue weighted by Crippen LogP contribution is 2.29. The zero-order chi connectivity index (χ0) is 13.8. The maximum Gasteiger partial charge on any atom is 0.125 e. The fourth-order valence-corrected chi connectivity index (χ4v) is 2.97. The van der Waals surface area contributed by atoms with Crippen LogP contribution in [0.1, 0.15) is 29.3 Å². The van der Waals surface area contributed by atoms with E-state index in [0.29, 0.717) is 0 Å². The van der Waals surface area contributed by atoms with Crippen molar-refractivity contribution < 1.29 is 4.42 Å². The fraction of sp³-hybridized carbons (Fsp3) is 0.412. The molecule has 0 saturated carbocycles. The summed E-state index contributed by atoms with van der Waals surface area (Å²) in [5, 5.41) is 3.47. The van der Waals surface area contributed by atoms with Gasteiger partial charge < -0.3 is 9.73 Å². The Labute approximate surface area is 120 Å². The van der Waals surface area contributed by atoms with Crippen LogP contribution in [-0.4, -0.2) is 31.1 Å². The van der Waals surface area contributed by atoms with Crippen molar-refractivity contribution in [1.29, 1.82) is 0 Å². The van der Waals surface area contributed by atoms with Crippen LogP contribution < -0.4 is 5.32 Å². The van der Waals surface area contributed by atoms with Crippen LogP contribution in [0.4, 0.5) is 0 Å². The summed E-state index contributed by atoms with van der Waals surface area (Å²) in [6, 6.07) is 13.1. The number of nitrogens with zero attached hydrogens (tertiary/aromatic N) is 1. The maximum absolute atomic E-state index is 5.72. The number of hydrogen-bond donors (Lipinski definition) is 1. The number of nitrogens with one attached hydrogen (secondary N) is 1. The molecule has 0 bridgehead atoms. The van der Waals surface area contributed by atoms with Gasteiger partial charge in [-0.3, -0.25) is 4.90 Å². The Morgan fingerprint density at radius 2 is 2.10 bits per heavy atom. The van der Waals surface area contributed by atoms with Crippen molar-refractivity contribution in [2.24, 2.45) is 0 Å². The quantitative estimate of drug-likeness (QED) is 0.929. The molecular formula is C17H22N2O. The minimum absolute atomic E-state index is 0.227. The summed E-state index contributed by atoms with van der Waals surface area (Å²) in [6.07, 6.45) is 2.96. The summed E-state index contributed by atoms with van der Waals surface area (Å²) in [6.45, 7) is 6.45. The second-order valence-electron chi connectivity index (χ2n) is 5.47. The molecule has 2 aromatic rings. The first kappa shape index (κ1) is 13.4. The van der Waals surface area contributed by atoms with E-state index in [0.717, 1.165) is 31.9 Å². The maximum atomic E-state index is 5.72. The van der Waals surface area contributed by atoms with Gasteiger partial charge in [0.05, 0.1) is 12.3 Å². The van der Waals surface area contributed by atoms with Gasteiger partial charge in [-0.25, -0.2) is 0 Å². The SMILES string of the molecule is Cc1cccc(C(c2ccco2)N2CCCNCC2)c1. The van der Waals surface area contributed by atoms with Crippen molar-refractivity contribution in [3.8, 4) is 0 Å². The summed E-state index contributed by atoms with van der Waals surface area (Å²) in [5.41, 5.74) is 2.62. The molecule has 1 atom stereocenters. The van der Waals surface area contributed by atoms with E-state index < -0.39 is 0 Å². The topological polar surface area (TPSA) is 28.4 Å². The summed E-state index contributed by atoms with van der Waals surface area (Å²) in [5.74, 6) is 1.04. The van der Waals surface area contributed by atoms with Crippen molar-refractivity contribution in [3.63, 3.8) is 0 Å². The molecule has 1 aromatic carbocycles. The molecule has 0 aliphatic carbocycles. The molecule has 3 rings (SSSR count). The molecule has 1 fully saturated rings. The zero-order valence-electron chi connectivity index (χ0n) is 12.0. The third-order valence-electron chi connectivity index (χ3n) is 3.91. The first-order valence-corrected chi connectivity index (χ1v) is 7.39. The van der Waals surface area contributed by atoms with E-state index in [-0.39, 0.29) is 6.04 Å². The van der Waals surface area contributed by atoms with Crippen LogP contribution in [0, 0.1) is 6.92 Å². The van der Waals surface area contributed by atoms with E-state index in [2.05, 4.69) is 47.5 Å². The number of hydrogen-bond acceptors (Lipinski definition) is 3. The molecule has 3 heteroatoms. The highest BCUT2D eigenvalue weighted by Gasteiger charge is 2.25. The van der Waals surface area contributed by atoms with E-state index in [9.17, 15) is 0 Å². The van der Waals surface area contributed by atoms with Gasteiger partial charge >= 0.3 is 0 Å². The number of furan rings is 1. The molecule has 0 spiro atoms. The number of rotatable bonds is 3. The van der Waals surface area contributed by atoms with Gasteiger partial charge in [-0.1, -0.05) is 29.8 Å². The molecule has 1 aliphatic heterocycles. The lowest BCUT2D eigenvalue weighted by atomic mass is 10.0. The second-order valence-corrected chi connectivity index (χ2v) is 5.47. The lowest BCUT2D eigenvalue weighted by molar-refractivity contribution is 0.216. The molecule has 0 radical (unpaired) electrons. The Hall–Kier alpha value is -1.58. The Kier molecular flexibility index (Phi) is 4.19. The van der Waals surface area contributed by atoms with Crippen molar-refractivity contribution >= 4 is 0 Å². The summed E-state index contributed by atoms with van der Waals surface area (Å²) in [4.78, 5) is 2.52. The number of benzene rings is 1. The normalized spacial score (nSPS) is 18.6. The summed E-state index contributed by atoms with van der Waals surface area (Å²) in [7, 11) is 0. The van der Waals surface area contributed by atoms with E-state index in [1.807, 2.05) is 6.07 Å². The molecule has 1 aromatic heterocycles. The third-order valence-corrected chi connectivity index (χ3v) is 3.91. The molecule has 3 nitrogen and oxygen atoms in total. The molecule has 2 heterocycles. The van der Waals surface area contributed by atoms with E-state index in [1.165, 1.54) is 17.5 Å². The molecule has 1 N–H and O–H groups in total. The Bertz CT molecular complexity index is 528. The fourth-order valence-electron chi connectivity index (χ4n) is 2.97. The van der Waals surface area contributed by atoms with Crippen molar-refractivity contribution in [3.05, 3.63) is 59.5 Å². The third kappa shape index (κ3) is 2.94. The van der Waals surface area contributed by atoms with E-state index in [4.69, 9.17) is 4.42 Å². The average Bonchev–Trinajstić information content (AvgIpc) is 2.83. The molecule has 106 valence electrons. The van der Waals surface area contributed by atoms with Gasteiger partial charge in [-0.05, 0) is 37.6 Å². The Balaban J connectivity index is 1.95. The van der Waals surface area contributed by atoms with Crippen molar-refractivity contribution in [1.82, 2.24) is 10.2 Å². The summed E-state index contributed by atoms with van der Waals surface area (Å²) >= 11 is 0. The molecule has 20 heavy (non-hydrogen) atoms. The number of aryl methyl sites for hydroxylation is 1. The minimum Gasteiger partial charge on any atom is -0.467 e. The monoisotopic (exact) mass is 270 g/mol. The average molecular weight is 270 g/mol. The van der Waals surface area contributed by atoms with Crippen LogP contribution in [-0.2, 0) is 0 Å². The largest absolute Gasteiger partial charge is 0.467 e. The van der Waals surface area contributed by atoms with Crippen LogP contribution in [0.2, 0.25) is 0 Å². The van der Waals surface area contributed by atoms with Gasteiger partial charge in [0.25, 0.3) is 0 Å². The smallest absolute Gasteiger partial charge is 0.125 e. The molecule has 0 amide bonds. The highest BCUT2D eigenvalue weighted by molar-refractivity contribution is 5.30. The van der Waals surface area contributed by atoms with Crippen molar-refractivity contribution in [2.45, 2.75) is 19.4 Å². The minimum atomic E-state index is 0.227. The van der Waals surface area contributed by atoms with Gasteiger partial charge in [0.15, 0.2) is 0 Å². The van der Waals surface area contributed by atoms with Gasteiger partial charge in [0, 0.05) is 19.6 Å². The van der Waals surface area contributed by atoms with E-state index >= 15 is 0 Å². The van der Waals surface area contributed by atoms with Gasteiger partial charge in [0.1, 0.15) is 5.76 Å². The predicted octanol–water partition coefficient (Wildman–Crippen LogP) is 2.97. The molecular weight excluding hydrogens is 248 g/mol. The van der Waals surface area contributed by atoms with Crippen LogP contribution in [0.5, 0.6) is 0 Å².